The Balaban J connectivity index is 1.82. The first kappa shape index (κ1) is 14.7. The fourth-order valence-electron chi connectivity index (χ4n) is 1.72. The van der Waals surface area contributed by atoms with E-state index in [-0.39, 0.29) is 0 Å². The van der Waals surface area contributed by atoms with Crippen LogP contribution in [0.3, 0.4) is 0 Å². The second-order valence-corrected chi connectivity index (χ2v) is 4.78. The van der Waals surface area contributed by atoms with E-state index < -0.39 is 0 Å². The van der Waals surface area contributed by atoms with Crippen LogP contribution in [0.1, 0.15) is 5.56 Å². The van der Waals surface area contributed by atoms with Gasteiger partial charge in [-0.1, -0.05) is 23.7 Å². The van der Waals surface area contributed by atoms with Gasteiger partial charge in [-0.2, -0.15) is 0 Å². The molecule has 0 atom stereocenters. The van der Waals surface area contributed by atoms with E-state index in [1.165, 1.54) is 5.56 Å². The summed E-state index contributed by atoms with van der Waals surface area (Å²) in [6, 6.07) is 15.7. The number of nitrogens with one attached hydrogen (secondary N) is 1. The molecule has 2 aromatic carbocycles. The van der Waals surface area contributed by atoms with Crippen LogP contribution >= 0.6 is 11.6 Å². The predicted octanol–water partition coefficient (Wildman–Crippen LogP) is 3.98. The van der Waals surface area contributed by atoms with Crippen LogP contribution in [0.25, 0.3) is 0 Å². The molecule has 2 rings (SSSR count). The fraction of sp³-hybridized carbons (Fsp3) is 0.250. The zero-order chi connectivity index (χ0) is 14.2. The van der Waals surface area contributed by atoms with Gasteiger partial charge in [0.15, 0.2) is 0 Å². The molecule has 0 radical (unpaired) electrons. The van der Waals surface area contributed by atoms with Crippen LogP contribution < -0.4 is 10.1 Å². The van der Waals surface area contributed by atoms with Gasteiger partial charge in [-0.15, -0.1) is 0 Å². The number of halogens is 1. The molecular formula is C16H18ClNO2. The van der Waals surface area contributed by atoms with Crippen LogP contribution in [0.15, 0.2) is 48.5 Å². The van der Waals surface area contributed by atoms with Gasteiger partial charge in [0, 0.05) is 24.4 Å². The van der Waals surface area contributed by atoms with Gasteiger partial charge in [-0.3, -0.25) is 0 Å². The first-order chi connectivity index (χ1) is 9.78. The molecule has 20 heavy (non-hydrogen) atoms. The largest absolute Gasteiger partial charge is 0.491 e. The highest BCUT2D eigenvalue weighted by Gasteiger charge is 1.97. The van der Waals surface area contributed by atoms with E-state index >= 15 is 0 Å². The van der Waals surface area contributed by atoms with E-state index in [1.54, 1.807) is 7.11 Å². The van der Waals surface area contributed by atoms with Crippen molar-refractivity contribution in [1.29, 1.82) is 0 Å². The second kappa shape index (κ2) is 7.78. The third-order valence-corrected chi connectivity index (χ3v) is 3.07. The summed E-state index contributed by atoms with van der Waals surface area (Å²) >= 11 is 5.86. The van der Waals surface area contributed by atoms with Gasteiger partial charge < -0.3 is 14.8 Å². The molecule has 0 fully saturated rings. The molecule has 106 valence electrons. The Morgan fingerprint density at radius 2 is 1.65 bits per heavy atom. The Morgan fingerprint density at radius 3 is 2.30 bits per heavy atom. The van der Waals surface area contributed by atoms with Crippen LogP contribution in [0.4, 0.5) is 5.69 Å². The molecule has 0 spiro atoms. The topological polar surface area (TPSA) is 30.5 Å². The third kappa shape index (κ3) is 4.76. The first-order valence-electron chi connectivity index (χ1n) is 6.48. The predicted molar refractivity (Wildman–Crippen MR) is 82.6 cm³/mol. The number of methoxy groups -OCH3 is 1. The SMILES string of the molecule is COCCOc1ccc(NCc2ccc(Cl)cc2)cc1. The summed E-state index contributed by atoms with van der Waals surface area (Å²) < 4.78 is 10.4. The first-order valence-corrected chi connectivity index (χ1v) is 6.86. The summed E-state index contributed by atoms with van der Waals surface area (Å²) in [6.45, 7) is 1.92. The minimum absolute atomic E-state index is 0.564. The highest BCUT2D eigenvalue weighted by molar-refractivity contribution is 6.30. The van der Waals surface area contributed by atoms with Gasteiger partial charge >= 0.3 is 0 Å². The number of hydrogen-bond acceptors (Lipinski definition) is 3. The second-order valence-electron chi connectivity index (χ2n) is 4.35. The lowest BCUT2D eigenvalue weighted by molar-refractivity contribution is 0.146. The van der Waals surface area contributed by atoms with Crippen molar-refractivity contribution < 1.29 is 9.47 Å². The molecule has 0 saturated heterocycles. The lowest BCUT2D eigenvalue weighted by Gasteiger charge is -2.09. The maximum atomic E-state index is 5.86. The van der Waals surface area contributed by atoms with Gasteiger partial charge in [0.1, 0.15) is 12.4 Å². The Morgan fingerprint density at radius 1 is 0.950 bits per heavy atom. The van der Waals surface area contributed by atoms with Crippen molar-refractivity contribution in [2.24, 2.45) is 0 Å². The van der Waals surface area contributed by atoms with Crippen LogP contribution in [-0.2, 0) is 11.3 Å². The summed E-state index contributed by atoms with van der Waals surface area (Å²) in [5, 5.41) is 4.11. The Kier molecular flexibility index (Phi) is 5.71. The molecule has 0 heterocycles. The average molecular weight is 292 g/mol. The molecule has 0 amide bonds. The highest BCUT2D eigenvalue weighted by Crippen LogP contribution is 2.17. The number of ether oxygens (including phenoxy) is 2. The summed E-state index contributed by atoms with van der Waals surface area (Å²) in [7, 11) is 1.66. The monoisotopic (exact) mass is 291 g/mol. The average Bonchev–Trinajstić information content (AvgIpc) is 2.48. The number of rotatable bonds is 7. The van der Waals surface area contributed by atoms with Crippen LogP contribution in [0.5, 0.6) is 5.75 Å². The molecule has 2 aromatic rings. The van der Waals surface area contributed by atoms with Gasteiger partial charge in [0.2, 0.25) is 0 Å². The van der Waals surface area contributed by atoms with Gasteiger partial charge in [0.25, 0.3) is 0 Å². The van der Waals surface area contributed by atoms with Crippen molar-refractivity contribution in [2.45, 2.75) is 6.54 Å². The lowest BCUT2D eigenvalue weighted by atomic mass is 10.2. The summed E-state index contributed by atoms with van der Waals surface area (Å²) in [4.78, 5) is 0. The minimum Gasteiger partial charge on any atom is -0.491 e. The third-order valence-electron chi connectivity index (χ3n) is 2.82. The molecular weight excluding hydrogens is 274 g/mol. The fourth-order valence-corrected chi connectivity index (χ4v) is 1.84. The molecule has 0 aliphatic carbocycles. The number of anilines is 1. The van der Waals surface area contributed by atoms with Crippen molar-refractivity contribution in [3.63, 3.8) is 0 Å². The van der Waals surface area contributed by atoms with Crippen molar-refractivity contribution in [3.05, 3.63) is 59.1 Å². The van der Waals surface area contributed by atoms with E-state index in [2.05, 4.69) is 5.32 Å². The van der Waals surface area contributed by atoms with Gasteiger partial charge in [-0.05, 0) is 42.0 Å². The normalized spacial score (nSPS) is 10.3. The smallest absolute Gasteiger partial charge is 0.119 e. The number of hydrogen-bond donors (Lipinski definition) is 1. The van der Waals surface area contributed by atoms with Crippen LogP contribution in [-0.4, -0.2) is 20.3 Å². The molecule has 1 N–H and O–H groups in total. The van der Waals surface area contributed by atoms with Crippen molar-refractivity contribution >= 4 is 17.3 Å². The van der Waals surface area contributed by atoms with E-state index in [9.17, 15) is 0 Å². The van der Waals surface area contributed by atoms with Gasteiger partial charge in [-0.25, -0.2) is 0 Å². The summed E-state index contributed by atoms with van der Waals surface area (Å²) in [6.07, 6.45) is 0. The molecule has 0 aromatic heterocycles. The molecule has 3 nitrogen and oxygen atoms in total. The highest BCUT2D eigenvalue weighted by atomic mass is 35.5. The maximum Gasteiger partial charge on any atom is 0.119 e. The van der Waals surface area contributed by atoms with Crippen LogP contribution in [0.2, 0.25) is 5.02 Å². The zero-order valence-electron chi connectivity index (χ0n) is 11.4. The molecule has 0 aliphatic rings. The lowest BCUT2D eigenvalue weighted by Crippen LogP contribution is -2.04. The molecule has 4 heteroatoms. The van der Waals surface area contributed by atoms with E-state index in [1.807, 2.05) is 48.5 Å². The quantitative estimate of drug-likeness (QED) is 0.783. The standard InChI is InChI=1S/C16H18ClNO2/c1-19-10-11-20-16-8-6-15(7-9-16)18-12-13-2-4-14(17)5-3-13/h2-9,18H,10-12H2,1H3. The van der Waals surface area contributed by atoms with Crippen LogP contribution in [0, 0.1) is 0 Å². The molecule has 0 aliphatic heterocycles. The van der Waals surface area contributed by atoms with Crippen molar-refractivity contribution in [2.75, 3.05) is 25.6 Å². The summed E-state index contributed by atoms with van der Waals surface area (Å²) in [5.41, 5.74) is 2.24. The Bertz CT molecular complexity index is 511. The Labute approximate surface area is 124 Å². The van der Waals surface area contributed by atoms with Gasteiger partial charge in [0.05, 0.1) is 6.61 Å². The minimum atomic E-state index is 0.564. The number of benzene rings is 2. The van der Waals surface area contributed by atoms with Crippen molar-refractivity contribution in [3.8, 4) is 5.75 Å². The maximum absolute atomic E-state index is 5.86. The zero-order valence-corrected chi connectivity index (χ0v) is 12.2. The summed E-state index contributed by atoms with van der Waals surface area (Å²) in [5.74, 6) is 0.846. The van der Waals surface area contributed by atoms with E-state index in [4.69, 9.17) is 21.1 Å². The van der Waals surface area contributed by atoms with Crippen molar-refractivity contribution in [1.82, 2.24) is 0 Å². The van der Waals surface area contributed by atoms with E-state index in [0.29, 0.717) is 13.2 Å². The molecule has 0 bridgehead atoms. The molecule has 0 saturated carbocycles. The van der Waals surface area contributed by atoms with E-state index in [0.717, 1.165) is 23.0 Å². The molecule has 0 unspecified atom stereocenters. The Hall–Kier alpha value is -1.71.